The maximum Gasteiger partial charge on any atom is 0.167 e. The molecule has 5 heteroatoms. The summed E-state index contributed by atoms with van der Waals surface area (Å²) in [5.41, 5.74) is 14.5. The van der Waals surface area contributed by atoms with Crippen molar-refractivity contribution in [2.24, 2.45) is 0 Å². The smallest absolute Gasteiger partial charge is 0.167 e. The molecule has 3 aromatic heterocycles. The van der Waals surface area contributed by atoms with Crippen LogP contribution in [-0.4, -0.2) is 19.5 Å². The fourth-order valence-electron chi connectivity index (χ4n) is 8.84. The number of fused-ring (bicyclic) bond motifs is 6. The number of hydrogen-bond donors (Lipinski definition) is 0. The molecule has 0 radical (unpaired) electrons. The van der Waals surface area contributed by atoms with Crippen molar-refractivity contribution >= 4 is 43.7 Å². The summed E-state index contributed by atoms with van der Waals surface area (Å²) in [6, 6.07) is 76.4. The van der Waals surface area contributed by atoms with E-state index in [1.54, 1.807) is 0 Å². The van der Waals surface area contributed by atoms with Gasteiger partial charge in [0.1, 0.15) is 11.2 Å². The summed E-state index contributed by atoms with van der Waals surface area (Å²) in [5.74, 6) is 1.75. The molecule has 0 saturated heterocycles. The summed E-state index contributed by atoms with van der Waals surface area (Å²) >= 11 is 0. The van der Waals surface area contributed by atoms with Crippen LogP contribution in [0.2, 0.25) is 0 Å². The molecule has 12 aromatic rings. The van der Waals surface area contributed by atoms with Gasteiger partial charge in [0, 0.05) is 38.4 Å². The maximum absolute atomic E-state index is 6.87. The van der Waals surface area contributed by atoms with E-state index in [9.17, 15) is 0 Å². The van der Waals surface area contributed by atoms with Crippen LogP contribution in [0, 0.1) is 0 Å². The molecule has 12 rings (SSSR count). The predicted molar refractivity (Wildman–Crippen MR) is 254 cm³/mol. The van der Waals surface area contributed by atoms with Crippen molar-refractivity contribution in [1.29, 1.82) is 0 Å². The Kier molecular flexibility index (Phi) is 8.42. The molecule has 0 amide bonds. The Morgan fingerprint density at radius 2 is 0.806 bits per heavy atom. The van der Waals surface area contributed by atoms with E-state index in [0.717, 1.165) is 77.2 Å². The summed E-state index contributed by atoms with van der Waals surface area (Å²) in [6.07, 6.45) is 0. The van der Waals surface area contributed by atoms with Crippen molar-refractivity contribution in [2.75, 3.05) is 0 Å². The van der Waals surface area contributed by atoms with Crippen LogP contribution >= 0.6 is 0 Å². The molecule has 9 aromatic carbocycles. The molecule has 3 heterocycles. The van der Waals surface area contributed by atoms with Crippen LogP contribution in [0.3, 0.4) is 0 Å². The molecule has 0 aliphatic heterocycles. The maximum atomic E-state index is 6.87. The van der Waals surface area contributed by atoms with Crippen LogP contribution in [-0.2, 0) is 0 Å². The molecule has 0 unspecified atom stereocenters. The first-order chi connectivity index (χ1) is 30.7. The van der Waals surface area contributed by atoms with E-state index in [1.165, 1.54) is 22.3 Å². The first-order valence-electron chi connectivity index (χ1n) is 20.8. The van der Waals surface area contributed by atoms with Gasteiger partial charge in [-0.25, -0.2) is 15.0 Å². The Labute approximate surface area is 357 Å². The van der Waals surface area contributed by atoms with Gasteiger partial charge in [0.2, 0.25) is 0 Å². The number of furan rings is 1. The van der Waals surface area contributed by atoms with Crippen molar-refractivity contribution in [2.45, 2.75) is 0 Å². The minimum atomic E-state index is 0.553. The number of hydrogen-bond acceptors (Lipinski definition) is 4. The molecule has 290 valence electrons. The number of rotatable bonds is 7. The van der Waals surface area contributed by atoms with Gasteiger partial charge in [-0.15, -0.1) is 0 Å². The highest BCUT2D eigenvalue weighted by Crippen LogP contribution is 2.41. The summed E-state index contributed by atoms with van der Waals surface area (Å²) in [4.78, 5) is 15.3. The van der Waals surface area contributed by atoms with Crippen LogP contribution in [0.25, 0.3) is 117 Å². The molecule has 62 heavy (non-hydrogen) atoms. The molecule has 0 aliphatic carbocycles. The molecule has 0 saturated carbocycles. The molecule has 0 aliphatic rings. The monoisotopic (exact) mass is 792 g/mol. The quantitative estimate of drug-likeness (QED) is 0.161. The third kappa shape index (κ3) is 6.14. The zero-order valence-corrected chi connectivity index (χ0v) is 33.5. The van der Waals surface area contributed by atoms with Crippen molar-refractivity contribution in [3.8, 4) is 73.2 Å². The van der Waals surface area contributed by atoms with E-state index in [2.05, 4.69) is 180 Å². The highest BCUT2D eigenvalue weighted by atomic mass is 16.3. The fraction of sp³-hybridized carbons (Fsp3) is 0. The Morgan fingerprint density at radius 1 is 0.306 bits per heavy atom. The summed E-state index contributed by atoms with van der Waals surface area (Å²) < 4.78 is 9.24. The molecule has 0 spiro atoms. The van der Waals surface area contributed by atoms with Crippen LogP contribution < -0.4 is 0 Å². The molecule has 0 atom stereocenters. The second kappa shape index (κ2) is 14.7. The van der Waals surface area contributed by atoms with Gasteiger partial charge in [0.15, 0.2) is 17.5 Å². The van der Waals surface area contributed by atoms with Crippen molar-refractivity contribution in [3.05, 3.63) is 218 Å². The molecule has 0 fully saturated rings. The largest absolute Gasteiger partial charge is 0.455 e. The van der Waals surface area contributed by atoms with Gasteiger partial charge < -0.3 is 8.98 Å². The third-order valence-electron chi connectivity index (χ3n) is 11.9. The van der Waals surface area contributed by atoms with E-state index in [4.69, 9.17) is 19.4 Å². The normalized spacial score (nSPS) is 11.5. The number of aromatic nitrogens is 4. The van der Waals surface area contributed by atoms with Crippen LogP contribution in [0.5, 0.6) is 0 Å². The van der Waals surface area contributed by atoms with E-state index in [1.807, 2.05) is 42.5 Å². The molecule has 0 N–H and O–H groups in total. The van der Waals surface area contributed by atoms with E-state index >= 15 is 0 Å². The number of nitrogens with zero attached hydrogens (tertiary/aromatic N) is 4. The second-order valence-corrected chi connectivity index (χ2v) is 15.6. The highest BCUT2D eigenvalue weighted by molar-refractivity contribution is 6.18. The minimum absolute atomic E-state index is 0.553. The van der Waals surface area contributed by atoms with Crippen molar-refractivity contribution < 1.29 is 4.42 Å². The molecule has 5 nitrogen and oxygen atoms in total. The third-order valence-corrected chi connectivity index (χ3v) is 11.9. The van der Waals surface area contributed by atoms with E-state index < -0.39 is 0 Å². The van der Waals surface area contributed by atoms with E-state index in [-0.39, 0.29) is 0 Å². The SMILES string of the molecule is c1ccc(-c2cccc(-c3ccc(-n4c5ccccc5c5cc6oc7c(-c8nc(-c9ccccc9)nc(-c9cccc(-c%10ccccc%10)c9)n8)cccc7c6cc54)cc3)c2)cc1. The Hall–Kier alpha value is -8.41. The highest BCUT2D eigenvalue weighted by Gasteiger charge is 2.21. The molecule has 0 bridgehead atoms. The summed E-state index contributed by atoms with van der Waals surface area (Å²) in [5, 5.41) is 4.32. The zero-order valence-electron chi connectivity index (χ0n) is 33.5. The lowest BCUT2D eigenvalue weighted by Crippen LogP contribution is -2.00. The first-order valence-corrected chi connectivity index (χ1v) is 20.8. The van der Waals surface area contributed by atoms with Gasteiger partial charge in [-0.05, 0) is 81.9 Å². The van der Waals surface area contributed by atoms with Gasteiger partial charge in [0.05, 0.1) is 16.6 Å². The van der Waals surface area contributed by atoms with E-state index in [0.29, 0.717) is 17.5 Å². The molecular weight excluding hydrogens is 757 g/mol. The van der Waals surface area contributed by atoms with Crippen LogP contribution in [0.15, 0.2) is 223 Å². The van der Waals surface area contributed by atoms with Gasteiger partial charge in [0.25, 0.3) is 0 Å². The Balaban J connectivity index is 0.994. The summed E-state index contributed by atoms with van der Waals surface area (Å²) in [7, 11) is 0. The van der Waals surface area contributed by atoms with Crippen molar-refractivity contribution in [3.63, 3.8) is 0 Å². The number of para-hydroxylation sites is 2. The topological polar surface area (TPSA) is 56.7 Å². The molecular formula is C57H36N4O. The van der Waals surface area contributed by atoms with Crippen LogP contribution in [0.1, 0.15) is 0 Å². The van der Waals surface area contributed by atoms with Gasteiger partial charge in [-0.3, -0.25) is 0 Å². The number of benzene rings is 9. The lowest BCUT2D eigenvalue weighted by atomic mass is 9.99. The Morgan fingerprint density at radius 3 is 1.48 bits per heavy atom. The minimum Gasteiger partial charge on any atom is -0.455 e. The zero-order chi connectivity index (χ0) is 41.0. The summed E-state index contributed by atoms with van der Waals surface area (Å²) in [6.45, 7) is 0. The standard InChI is InChI=1S/C57H36N4O/c1-4-15-37(16-5-1)41-21-12-22-42(33-41)39-29-31-45(32-30-39)61-51-28-11-10-25-46(51)49-36-53-50(35-52(49)61)47-26-14-27-48(54(47)62-53)57-59-55(40-19-8-3-9-20-40)58-56(60-57)44-24-13-23-43(34-44)38-17-6-2-7-18-38/h1-36H. The second-order valence-electron chi connectivity index (χ2n) is 15.6. The lowest BCUT2D eigenvalue weighted by molar-refractivity contribution is 0.670. The average molecular weight is 793 g/mol. The lowest BCUT2D eigenvalue weighted by Gasteiger charge is -2.10. The van der Waals surface area contributed by atoms with Gasteiger partial charge in [-0.2, -0.15) is 0 Å². The van der Waals surface area contributed by atoms with Crippen LogP contribution in [0.4, 0.5) is 0 Å². The Bertz CT molecular complexity index is 3610. The van der Waals surface area contributed by atoms with Gasteiger partial charge in [-0.1, -0.05) is 170 Å². The first kappa shape index (κ1) is 35.5. The van der Waals surface area contributed by atoms with Gasteiger partial charge >= 0.3 is 0 Å². The van der Waals surface area contributed by atoms with Crippen molar-refractivity contribution in [1.82, 2.24) is 19.5 Å². The predicted octanol–water partition coefficient (Wildman–Crippen LogP) is 14.9. The fourth-order valence-corrected chi connectivity index (χ4v) is 8.84. The average Bonchev–Trinajstić information content (AvgIpc) is 3.89.